The Balaban J connectivity index is 2.79. The van der Waals surface area contributed by atoms with Gasteiger partial charge in [0.25, 0.3) is 6.08 Å². The molecular weight excluding hydrogens is 184 g/mol. The van der Waals surface area contributed by atoms with Crippen molar-refractivity contribution in [2.45, 2.75) is 12.5 Å². The van der Waals surface area contributed by atoms with Crippen molar-refractivity contribution in [1.29, 1.82) is 0 Å². The lowest BCUT2D eigenvalue weighted by Gasteiger charge is -2.17. The number of halogens is 2. The van der Waals surface area contributed by atoms with Gasteiger partial charge in [-0.25, -0.2) is 4.79 Å². The number of likely N-dealkylation sites (tertiary alicyclic amines) is 1. The van der Waals surface area contributed by atoms with Gasteiger partial charge in [0.15, 0.2) is 0 Å². The van der Waals surface area contributed by atoms with Gasteiger partial charge in [-0.3, -0.25) is 4.90 Å². The number of hydrogen-bond donors (Lipinski definition) is 2. The normalized spacial score (nSPS) is 22.2. The molecule has 1 fully saturated rings. The first kappa shape index (κ1) is 9.91. The molecule has 4 nitrogen and oxygen atoms in total. The fraction of sp³-hybridized carbons (Fsp3) is 0.571. The van der Waals surface area contributed by atoms with Crippen LogP contribution in [0.2, 0.25) is 0 Å². The Bertz CT molecular complexity index is 250. The Morgan fingerprint density at radius 1 is 1.62 bits per heavy atom. The highest BCUT2D eigenvalue weighted by atomic mass is 19.3. The molecule has 74 valence electrons. The average Bonchev–Trinajstić information content (AvgIpc) is 2.47. The molecule has 0 radical (unpaired) electrons. The molecular formula is C7H9F2NO3. The summed E-state index contributed by atoms with van der Waals surface area (Å²) in [7, 11) is 0. The Labute approximate surface area is 73.1 Å². The number of carbonyl (C=O) groups is 1. The van der Waals surface area contributed by atoms with Crippen LogP contribution in [-0.4, -0.2) is 40.4 Å². The molecule has 1 rings (SSSR count). The van der Waals surface area contributed by atoms with Crippen molar-refractivity contribution in [1.82, 2.24) is 4.90 Å². The summed E-state index contributed by atoms with van der Waals surface area (Å²) in [5.41, 5.74) is -0.207. The highest BCUT2D eigenvalue weighted by Crippen LogP contribution is 2.25. The van der Waals surface area contributed by atoms with Gasteiger partial charge in [0.05, 0.1) is 19.2 Å². The summed E-state index contributed by atoms with van der Waals surface area (Å²) in [5, 5.41) is 17.3. The monoisotopic (exact) mass is 193 g/mol. The van der Waals surface area contributed by atoms with Gasteiger partial charge in [0, 0.05) is 5.57 Å². The summed E-state index contributed by atoms with van der Waals surface area (Å²) in [6.07, 6.45) is -3.21. The van der Waals surface area contributed by atoms with Gasteiger partial charge in [-0.2, -0.15) is 8.78 Å². The summed E-state index contributed by atoms with van der Waals surface area (Å²) in [5.74, 6) is 0. The van der Waals surface area contributed by atoms with Crippen LogP contribution in [0, 0.1) is 0 Å². The minimum Gasteiger partial charge on any atom is -0.465 e. The van der Waals surface area contributed by atoms with Crippen LogP contribution in [0.25, 0.3) is 0 Å². The molecule has 1 aliphatic rings. The molecule has 13 heavy (non-hydrogen) atoms. The summed E-state index contributed by atoms with van der Waals surface area (Å²) < 4.78 is 24.1. The molecule has 1 saturated heterocycles. The van der Waals surface area contributed by atoms with Crippen molar-refractivity contribution >= 4 is 6.09 Å². The van der Waals surface area contributed by atoms with Crippen LogP contribution in [0.3, 0.4) is 0 Å². The third-order valence-corrected chi connectivity index (χ3v) is 2.01. The van der Waals surface area contributed by atoms with Crippen LogP contribution in [0.1, 0.15) is 6.42 Å². The topological polar surface area (TPSA) is 60.8 Å². The van der Waals surface area contributed by atoms with Crippen LogP contribution in [0.4, 0.5) is 13.6 Å². The SMILES string of the molecule is O=C(O)N1CC(=C(F)F)CC1CO. The summed E-state index contributed by atoms with van der Waals surface area (Å²) in [4.78, 5) is 11.3. The molecule has 0 aromatic carbocycles. The second-order valence-electron chi connectivity index (χ2n) is 2.81. The van der Waals surface area contributed by atoms with Gasteiger partial charge in [0.1, 0.15) is 0 Å². The zero-order valence-electron chi connectivity index (χ0n) is 6.70. The molecule has 6 heteroatoms. The molecule has 0 aromatic heterocycles. The number of carboxylic acid groups (broad SMARTS) is 1. The molecule has 0 aromatic rings. The maximum absolute atomic E-state index is 12.1. The standard InChI is InChI=1S/C7H9F2NO3/c8-6(9)4-1-5(3-11)10(2-4)7(12)13/h5,11H,1-3H2,(H,12,13). The minimum absolute atomic E-state index is 0.0782. The molecule has 1 amide bonds. The first-order valence-electron chi connectivity index (χ1n) is 3.69. The molecule has 1 heterocycles. The van der Waals surface area contributed by atoms with E-state index in [1.54, 1.807) is 0 Å². The van der Waals surface area contributed by atoms with Crippen molar-refractivity contribution in [3.05, 3.63) is 11.7 Å². The third-order valence-electron chi connectivity index (χ3n) is 2.01. The van der Waals surface area contributed by atoms with E-state index in [9.17, 15) is 13.6 Å². The lowest BCUT2D eigenvalue weighted by atomic mass is 10.2. The Hall–Kier alpha value is -1.17. The van der Waals surface area contributed by atoms with Gasteiger partial charge in [-0.05, 0) is 6.42 Å². The van der Waals surface area contributed by atoms with Crippen LogP contribution in [0.5, 0.6) is 0 Å². The maximum atomic E-state index is 12.1. The molecule has 0 aliphatic carbocycles. The van der Waals surface area contributed by atoms with E-state index in [0.717, 1.165) is 4.90 Å². The fourth-order valence-electron chi connectivity index (χ4n) is 1.32. The Morgan fingerprint density at radius 3 is 2.54 bits per heavy atom. The van der Waals surface area contributed by atoms with Crippen LogP contribution < -0.4 is 0 Å². The van der Waals surface area contributed by atoms with Gasteiger partial charge < -0.3 is 10.2 Å². The highest BCUT2D eigenvalue weighted by molar-refractivity contribution is 5.66. The van der Waals surface area contributed by atoms with Gasteiger partial charge >= 0.3 is 6.09 Å². The van der Waals surface area contributed by atoms with Crippen LogP contribution in [0.15, 0.2) is 11.7 Å². The van der Waals surface area contributed by atoms with E-state index in [4.69, 9.17) is 10.2 Å². The highest BCUT2D eigenvalue weighted by Gasteiger charge is 2.33. The molecule has 2 N–H and O–H groups in total. The fourth-order valence-corrected chi connectivity index (χ4v) is 1.32. The van der Waals surface area contributed by atoms with Gasteiger partial charge in [-0.1, -0.05) is 0 Å². The van der Waals surface area contributed by atoms with Crippen molar-refractivity contribution in [2.75, 3.05) is 13.2 Å². The number of rotatable bonds is 1. The van der Waals surface area contributed by atoms with Crippen molar-refractivity contribution < 1.29 is 23.8 Å². The van der Waals surface area contributed by atoms with Crippen molar-refractivity contribution in [2.24, 2.45) is 0 Å². The van der Waals surface area contributed by atoms with E-state index in [1.165, 1.54) is 0 Å². The molecule has 1 atom stereocenters. The van der Waals surface area contributed by atoms with E-state index >= 15 is 0 Å². The number of hydrogen-bond acceptors (Lipinski definition) is 2. The van der Waals surface area contributed by atoms with E-state index in [2.05, 4.69) is 0 Å². The van der Waals surface area contributed by atoms with Crippen molar-refractivity contribution in [3.63, 3.8) is 0 Å². The zero-order valence-corrected chi connectivity index (χ0v) is 6.70. The largest absolute Gasteiger partial charge is 0.465 e. The number of aliphatic hydroxyl groups is 1. The molecule has 1 unspecified atom stereocenters. The Kier molecular flexibility index (Phi) is 2.82. The predicted octanol–water partition coefficient (Wildman–Crippen LogP) is 0.882. The van der Waals surface area contributed by atoms with E-state index in [0.29, 0.717) is 0 Å². The minimum atomic E-state index is -1.85. The first-order valence-corrected chi connectivity index (χ1v) is 3.69. The maximum Gasteiger partial charge on any atom is 0.407 e. The number of amides is 1. The molecule has 1 aliphatic heterocycles. The van der Waals surface area contributed by atoms with E-state index < -0.39 is 24.8 Å². The molecule has 0 saturated carbocycles. The first-order chi connectivity index (χ1) is 6.06. The Morgan fingerprint density at radius 2 is 2.23 bits per heavy atom. The second-order valence-corrected chi connectivity index (χ2v) is 2.81. The third kappa shape index (κ3) is 1.95. The van der Waals surface area contributed by atoms with Gasteiger partial charge in [-0.15, -0.1) is 0 Å². The zero-order chi connectivity index (χ0) is 10.0. The van der Waals surface area contributed by atoms with Gasteiger partial charge in [0.2, 0.25) is 0 Å². The van der Waals surface area contributed by atoms with Crippen LogP contribution >= 0.6 is 0 Å². The summed E-state index contributed by atoms with van der Waals surface area (Å²) >= 11 is 0. The van der Waals surface area contributed by atoms with E-state index in [-0.39, 0.29) is 18.5 Å². The summed E-state index contributed by atoms with van der Waals surface area (Å²) in [6.45, 7) is -0.730. The van der Waals surface area contributed by atoms with Crippen molar-refractivity contribution in [3.8, 4) is 0 Å². The lowest BCUT2D eigenvalue weighted by molar-refractivity contribution is 0.118. The molecule has 0 bridgehead atoms. The van der Waals surface area contributed by atoms with Crippen LogP contribution in [-0.2, 0) is 0 Å². The van der Waals surface area contributed by atoms with E-state index in [1.807, 2.05) is 0 Å². The quantitative estimate of drug-likeness (QED) is 0.649. The molecule has 0 spiro atoms. The lowest BCUT2D eigenvalue weighted by Crippen LogP contribution is -2.36. The number of nitrogens with zero attached hydrogens (tertiary/aromatic N) is 1. The second kappa shape index (κ2) is 3.69. The smallest absolute Gasteiger partial charge is 0.407 e. The predicted molar refractivity (Wildman–Crippen MR) is 39.5 cm³/mol. The summed E-state index contributed by atoms with van der Waals surface area (Å²) in [6, 6.07) is -0.728. The number of aliphatic hydroxyl groups excluding tert-OH is 1. The average molecular weight is 193 g/mol.